The van der Waals surface area contributed by atoms with E-state index in [2.05, 4.69) is 19.1 Å². The SMILES string of the molecule is CCCC/C=C/CCCCCCCCCCCCO[C@@H]1CO[C@@H](CO)[C@H](O)[C@H]1O. The summed E-state index contributed by atoms with van der Waals surface area (Å²) in [7, 11) is 0. The molecule has 0 spiro atoms. The molecule has 29 heavy (non-hydrogen) atoms. The summed E-state index contributed by atoms with van der Waals surface area (Å²) >= 11 is 0. The van der Waals surface area contributed by atoms with Crippen molar-refractivity contribution in [3.63, 3.8) is 0 Å². The number of ether oxygens (including phenoxy) is 2. The number of aliphatic hydroxyl groups is 3. The Morgan fingerprint density at radius 3 is 1.93 bits per heavy atom. The predicted octanol–water partition coefficient (Wildman–Crippen LogP) is 4.52. The van der Waals surface area contributed by atoms with E-state index in [-0.39, 0.29) is 13.2 Å². The number of aliphatic hydroxyl groups excluding tert-OH is 3. The molecule has 0 bridgehead atoms. The Balaban J connectivity index is 1.82. The molecule has 0 saturated carbocycles. The maximum Gasteiger partial charge on any atom is 0.111 e. The normalized spacial score (nSPS) is 25.1. The lowest BCUT2D eigenvalue weighted by molar-refractivity contribution is -0.208. The molecule has 0 aromatic heterocycles. The van der Waals surface area contributed by atoms with Crippen molar-refractivity contribution in [1.29, 1.82) is 0 Å². The molecule has 5 heteroatoms. The highest BCUT2D eigenvalue weighted by Gasteiger charge is 2.38. The summed E-state index contributed by atoms with van der Waals surface area (Å²) in [6.45, 7) is 2.75. The molecule has 0 aliphatic carbocycles. The van der Waals surface area contributed by atoms with Crippen molar-refractivity contribution in [2.75, 3.05) is 19.8 Å². The van der Waals surface area contributed by atoms with E-state index in [0.717, 1.165) is 12.8 Å². The first-order valence-electron chi connectivity index (χ1n) is 12.1. The standard InChI is InChI=1S/C24H46O5/c1-2-3-4-5-6-7-8-9-10-11-12-13-14-15-16-17-18-28-22-20-29-21(19-25)23(26)24(22)27/h5-6,21-27H,2-4,7-20H2,1H3/b6-5+/t21-,22+,23-,24-/m0/s1. The highest BCUT2D eigenvalue weighted by Crippen LogP contribution is 2.18. The topological polar surface area (TPSA) is 79.2 Å². The molecule has 5 nitrogen and oxygen atoms in total. The minimum atomic E-state index is -1.08. The zero-order valence-corrected chi connectivity index (χ0v) is 18.6. The van der Waals surface area contributed by atoms with E-state index in [9.17, 15) is 10.2 Å². The first-order chi connectivity index (χ1) is 14.2. The number of unbranched alkanes of at least 4 members (excludes halogenated alkanes) is 12. The maximum absolute atomic E-state index is 10.0. The van der Waals surface area contributed by atoms with Crippen LogP contribution < -0.4 is 0 Å². The van der Waals surface area contributed by atoms with Gasteiger partial charge in [-0.15, -0.1) is 0 Å². The quantitative estimate of drug-likeness (QED) is 0.227. The van der Waals surface area contributed by atoms with Crippen LogP contribution >= 0.6 is 0 Å². The lowest BCUT2D eigenvalue weighted by Crippen LogP contribution is -2.55. The van der Waals surface area contributed by atoms with Crippen molar-refractivity contribution >= 4 is 0 Å². The number of hydrogen-bond acceptors (Lipinski definition) is 5. The van der Waals surface area contributed by atoms with Crippen molar-refractivity contribution in [2.45, 2.75) is 121 Å². The third-order valence-corrected chi connectivity index (χ3v) is 5.75. The van der Waals surface area contributed by atoms with Crippen LogP contribution in [0.25, 0.3) is 0 Å². The third kappa shape index (κ3) is 12.7. The van der Waals surface area contributed by atoms with Gasteiger partial charge >= 0.3 is 0 Å². The van der Waals surface area contributed by atoms with Gasteiger partial charge in [0.05, 0.1) is 13.2 Å². The molecule has 0 aromatic rings. The van der Waals surface area contributed by atoms with Crippen LogP contribution in [0.3, 0.4) is 0 Å². The van der Waals surface area contributed by atoms with Crippen LogP contribution in [0.5, 0.6) is 0 Å². The van der Waals surface area contributed by atoms with E-state index in [1.54, 1.807) is 0 Å². The molecule has 1 rings (SSSR count). The van der Waals surface area contributed by atoms with E-state index < -0.39 is 24.4 Å². The Bertz CT molecular complexity index is 387. The van der Waals surface area contributed by atoms with Gasteiger partial charge in [0.15, 0.2) is 0 Å². The minimum Gasteiger partial charge on any atom is -0.394 e. The Kier molecular flexibility index (Phi) is 16.8. The molecule has 1 aliphatic rings. The van der Waals surface area contributed by atoms with E-state index in [1.807, 2.05) is 0 Å². The van der Waals surface area contributed by atoms with E-state index in [1.165, 1.54) is 77.0 Å². The first kappa shape index (κ1) is 26.6. The van der Waals surface area contributed by atoms with Crippen LogP contribution in [0.1, 0.15) is 96.8 Å². The summed E-state index contributed by atoms with van der Waals surface area (Å²) in [6, 6.07) is 0. The lowest BCUT2D eigenvalue weighted by atomic mass is 10.0. The highest BCUT2D eigenvalue weighted by molar-refractivity contribution is 4.87. The molecule has 1 fully saturated rings. The van der Waals surface area contributed by atoms with Crippen molar-refractivity contribution in [1.82, 2.24) is 0 Å². The van der Waals surface area contributed by atoms with Crippen molar-refractivity contribution < 1.29 is 24.8 Å². The smallest absolute Gasteiger partial charge is 0.111 e. The molecule has 0 radical (unpaired) electrons. The Labute approximate surface area is 178 Å². The zero-order chi connectivity index (χ0) is 21.2. The van der Waals surface area contributed by atoms with Gasteiger partial charge in [0.1, 0.15) is 24.4 Å². The molecule has 172 valence electrons. The molecule has 1 aliphatic heterocycles. The minimum absolute atomic E-state index is 0.221. The molecule has 1 saturated heterocycles. The lowest BCUT2D eigenvalue weighted by Gasteiger charge is -2.36. The number of rotatable bonds is 18. The van der Waals surface area contributed by atoms with E-state index in [4.69, 9.17) is 14.6 Å². The average Bonchev–Trinajstić information content (AvgIpc) is 2.73. The molecule has 1 heterocycles. The van der Waals surface area contributed by atoms with Crippen molar-refractivity contribution in [3.05, 3.63) is 12.2 Å². The highest BCUT2D eigenvalue weighted by atomic mass is 16.6. The fraction of sp³-hybridized carbons (Fsp3) is 0.917. The van der Waals surface area contributed by atoms with Gasteiger partial charge in [-0.05, 0) is 25.7 Å². The van der Waals surface area contributed by atoms with Crippen LogP contribution in [-0.2, 0) is 9.47 Å². The Morgan fingerprint density at radius 2 is 1.34 bits per heavy atom. The van der Waals surface area contributed by atoms with Gasteiger partial charge in [-0.3, -0.25) is 0 Å². The van der Waals surface area contributed by atoms with Crippen LogP contribution in [0.15, 0.2) is 12.2 Å². The molecule has 4 atom stereocenters. The molecule has 0 unspecified atom stereocenters. The van der Waals surface area contributed by atoms with Gasteiger partial charge in [-0.1, -0.05) is 83.3 Å². The van der Waals surface area contributed by atoms with Crippen LogP contribution in [0.2, 0.25) is 0 Å². The van der Waals surface area contributed by atoms with E-state index >= 15 is 0 Å². The second kappa shape index (κ2) is 18.3. The molecule has 0 aromatic carbocycles. The van der Waals surface area contributed by atoms with Gasteiger partial charge in [0, 0.05) is 6.61 Å². The van der Waals surface area contributed by atoms with Crippen LogP contribution in [0.4, 0.5) is 0 Å². The summed E-state index contributed by atoms with van der Waals surface area (Å²) in [4.78, 5) is 0. The van der Waals surface area contributed by atoms with Crippen molar-refractivity contribution in [2.24, 2.45) is 0 Å². The maximum atomic E-state index is 10.0. The van der Waals surface area contributed by atoms with E-state index in [0.29, 0.717) is 6.61 Å². The third-order valence-electron chi connectivity index (χ3n) is 5.75. The monoisotopic (exact) mass is 414 g/mol. The van der Waals surface area contributed by atoms with Gasteiger partial charge in [0.2, 0.25) is 0 Å². The fourth-order valence-corrected chi connectivity index (χ4v) is 3.73. The summed E-state index contributed by atoms with van der Waals surface area (Å²) in [5.41, 5.74) is 0. The van der Waals surface area contributed by atoms with Gasteiger partial charge < -0.3 is 24.8 Å². The summed E-state index contributed by atoms with van der Waals surface area (Å²) < 4.78 is 11.0. The molecular weight excluding hydrogens is 368 g/mol. The largest absolute Gasteiger partial charge is 0.394 e. The van der Waals surface area contributed by atoms with Crippen LogP contribution in [0, 0.1) is 0 Å². The molecular formula is C24H46O5. The van der Waals surface area contributed by atoms with Gasteiger partial charge in [-0.25, -0.2) is 0 Å². The number of allylic oxidation sites excluding steroid dienone is 2. The fourth-order valence-electron chi connectivity index (χ4n) is 3.73. The Morgan fingerprint density at radius 1 is 0.793 bits per heavy atom. The molecule has 3 N–H and O–H groups in total. The number of hydrogen-bond donors (Lipinski definition) is 3. The molecule has 0 amide bonds. The average molecular weight is 415 g/mol. The summed E-state index contributed by atoms with van der Waals surface area (Å²) in [5.74, 6) is 0. The Hall–Kier alpha value is -0.460. The predicted molar refractivity (Wildman–Crippen MR) is 118 cm³/mol. The van der Waals surface area contributed by atoms with Gasteiger partial charge in [0.25, 0.3) is 0 Å². The summed E-state index contributed by atoms with van der Waals surface area (Å²) in [5, 5.41) is 28.9. The second-order valence-corrected chi connectivity index (χ2v) is 8.38. The first-order valence-corrected chi connectivity index (χ1v) is 12.1. The van der Waals surface area contributed by atoms with Gasteiger partial charge in [-0.2, -0.15) is 0 Å². The zero-order valence-electron chi connectivity index (χ0n) is 18.6. The van der Waals surface area contributed by atoms with Crippen LogP contribution in [-0.4, -0.2) is 59.6 Å². The summed E-state index contributed by atoms with van der Waals surface area (Å²) in [6.07, 6.45) is 19.2. The second-order valence-electron chi connectivity index (χ2n) is 8.38. The van der Waals surface area contributed by atoms with Crippen molar-refractivity contribution in [3.8, 4) is 0 Å².